The second-order valence-electron chi connectivity index (χ2n) is 6.45. The zero-order valence-corrected chi connectivity index (χ0v) is 17.4. The van der Waals surface area contributed by atoms with Crippen molar-refractivity contribution >= 4 is 27.7 Å². The molecule has 0 bridgehead atoms. The van der Waals surface area contributed by atoms with Crippen LogP contribution in [0.4, 0.5) is 0 Å². The van der Waals surface area contributed by atoms with E-state index in [2.05, 4.69) is 15.6 Å². The molecule has 2 N–H and O–H groups in total. The van der Waals surface area contributed by atoms with Gasteiger partial charge in [-0.25, -0.2) is 12.7 Å². The molecular weight excluding hydrogens is 376 g/mol. The number of nitrogens with one attached hydrogen (secondary N) is 2. The summed E-state index contributed by atoms with van der Waals surface area (Å²) in [5, 5.41) is 6.42. The van der Waals surface area contributed by atoms with Crippen molar-refractivity contribution in [2.75, 3.05) is 63.3 Å². The number of nitrogens with zero attached hydrogens (tertiary/aromatic N) is 2. The van der Waals surface area contributed by atoms with Gasteiger partial charge in [-0.05, 0) is 20.3 Å². The largest absolute Gasteiger partial charge is 0.379 e. The Bertz CT molecular complexity index is 532. The van der Waals surface area contributed by atoms with Crippen LogP contribution in [0.5, 0.6) is 0 Å². The van der Waals surface area contributed by atoms with E-state index in [1.165, 1.54) is 0 Å². The third-order valence-corrected chi connectivity index (χ3v) is 6.97. The van der Waals surface area contributed by atoms with Crippen molar-refractivity contribution in [1.82, 2.24) is 14.9 Å². The van der Waals surface area contributed by atoms with E-state index in [1.807, 2.05) is 13.8 Å². The summed E-state index contributed by atoms with van der Waals surface area (Å²) in [4.78, 5) is 4.42. The lowest BCUT2D eigenvalue weighted by Gasteiger charge is -2.25. The Balaban J connectivity index is 1.77. The molecule has 26 heavy (non-hydrogen) atoms. The predicted octanol–water partition coefficient (Wildman–Crippen LogP) is 0.114. The third-order valence-electron chi connectivity index (χ3n) is 4.18. The molecule has 0 aromatic carbocycles. The first kappa shape index (κ1) is 21.7. The van der Waals surface area contributed by atoms with Crippen molar-refractivity contribution in [3.8, 4) is 0 Å². The maximum atomic E-state index is 12.4. The summed E-state index contributed by atoms with van der Waals surface area (Å²) in [5.41, 5.74) is 0. The normalized spacial score (nSPS) is 23.8. The van der Waals surface area contributed by atoms with Crippen LogP contribution in [0.3, 0.4) is 0 Å². The van der Waals surface area contributed by atoms with Crippen molar-refractivity contribution in [2.45, 2.75) is 32.4 Å². The zero-order valence-electron chi connectivity index (χ0n) is 15.8. The molecule has 0 amide bonds. The topological polar surface area (TPSA) is 92.3 Å². The number of rotatable bonds is 9. The van der Waals surface area contributed by atoms with Crippen LogP contribution in [-0.2, 0) is 19.5 Å². The molecule has 152 valence electrons. The average molecular weight is 409 g/mol. The van der Waals surface area contributed by atoms with Gasteiger partial charge in [0, 0.05) is 43.8 Å². The summed E-state index contributed by atoms with van der Waals surface area (Å²) in [7, 11) is -3.22. The number of hydrogen-bond acceptors (Lipinski definition) is 6. The molecule has 0 saturated carbocycles. The Morgan fingerprint density at radius 3 is 2.85 bits per heavy atom. The Labute approximate surface area is 161 Å². The third kappa shape index (κ3) is 7.59. The van der Waals surface area contributed by atoms with Gasteiger partial charge in [0.25, 0.3) is 0 Å². The van der Waals surface area contributed by atoms with Gasteiger partial charge >= 0.3 is 0 Å². The Morgan fingerprint density at radius 1 is 1.42 bits per heavy atom. The van der Waals surface area contributed by atoms with Gasteiger partial charge in [-0.2, -0.15) is 11.8 Å². The first-order valence-corrected chi connectivity index (χ1v) is 12.1. The van der Waals surface area contributed by atoms with Crippen LogP contribution in [0.1, 0.15) is 20.3 Å². The Morgan fingerprint density at radius 2 is 2.19 bits per heavy atom. The number of sulfonamides is 1. The van der Waals surface area contributed by atoms with E-state index in [-0.39, 0.29) is 24.4 Å². The van der Waals surface area contributed by atoms with Crippen LogP contribution in [0.2, 0.25) is 0 Å². The predicted molar refractivity (Wildman–Crippen MR) is 106 cm³/mol. The first-order valence-electron chi connectivity index (χ1n) is 9.31. The summed E-state index contributed by atoms with van der Waals surface area (Å²) in [5.74, 6) is 2.40. The quantitative estimate of drug-likeness (QED) is 0.413. The molecule has 0 aromatic rings. The Kier molecular flexibility index (Phi) is 9.48. The van der Waals surface area contributed by atoms with Crippen molar-refractivity contribution in [1.29, 1.82) is 0 Å². The lowest BCUT2D eigenvalue weighted by molar-refractivity contribution is 0.0347. The molecule has 2 aliphatic rings. The van der Waals surface area contributed by atoms with Crippen LogP contribution < -0.4 is 10.6 Å². The molecule has 0 radical (unpaired) electrons. The molecule has 2 aliphatic heterocycles. The van der Waals surface area contributed by atoms with E-state index in [0.717, 1.165) is 24.5 Å². The minimum atomic E-state index is -3.22. The van der Waals surface area contributed by atoms with Gasteiger partial charge in [-0.15, -0.1) is 0 Å². The van der Waals surface area contributed by atoms with Crippen LogP contribution in [0.25, 0.3) is 0 Å². The van der Waals surface area contributed by atoms with Gasteiger partial charge in [0.1, 0.15) is 0 Å². The summed E-state index contributed by atoms with van der Waals surface area (Å²) >= 11 is 1.80. The van der Waals surface area contributed by atoms with Crippen molar-refractivity contribution in [3.05, 3.63) is 0 Å². The fraction of sp³-hybridized carbons (Fsp3) is 0.938. The SMILES string of the molecule is CCNC(=NCCS(=O)(=O)N1CCSCC1)NC(C)COC1CCOC1. The summed E-state index contributed by atoms with van der Waals surface area (Å²) in [6, 6.07) is 0.0733. The number of hydrogen-bond donors (Lipinski definition) is 2. The summed E-state index contributed by atoms with van der Waals surface area (Å²) < 4.78 is 37.4. The molecule has 2 atom stereocenters. The minimum absolute atomic E-state index is 0.0402. The second-order valence-corrected chi connectivity index (χ2v) is 9.77. The molecule has 0 aliphatic carbocycles. The minimum Gasteiger partial charge on any atom is -0.379 e. The first-order chi connectivity index (χ1) is 12.5. The highest BCUT2D eigenvalue weighted by Crippen LogP contribution is 2.13. The van der Waals surface area contributed by atoms with E-state index in [1.54, 1.807) is 16.1 Å². The summed E-state index contributed by atoms with van der Waals surface area (Å²) in [6.45, 7) is 8.15. The summed E-state index contributed by atoms with van der Waals surface area (Å²) in [6.07, 6.45) is 1.11. The van der Waals surface area contributed by atoms with Crippen LogP contribution in [-0.4, -0.2) is 94.1 Å². The highest BCUT2D eigenvalue weighted by Gasteiger charge is 2.23. The fourth-order valence-electron chi connectivity index (χ4n) is 2.75. The molecule has 2 unspecified atom stereocenters. The molecule has 2 rings (SSSR count). The molecule has 2 saturated heterocycles. The van der Waals surface area contributed by atoms with E-state index in [0.29, 0.717) is 38.8 Å². The number of guanidine groups is 1. The number of thioether (sulfide) groups is 1. The monoisotopic (exact) mass is 408 g/mol. The van der Waals surface area contributed by atoms with E-state index in [4.69, 9.17) is 9.47 Å². The molecular formula is C16H32N4O4S2. The Hall–Kier alpha value is -0.550. The average Bonchev–Trinajstić information content (AvgIpc) is 3.14. The molecule has 8 nitrogen and oxygen atoms in total. The highest BCUT2D eigenvalue weighted by atomic mass is 32.2. The van der Waals surface area contributed by atoms with Crippen molar-refractivity contribution < 1.29 is 17.9 Å². The maximum Gasteiger partial charge on any atom is 0.215 e. The standard InChI is InChI=1S/C16H32N4O4S2/c1-3-17-16(19-14(2)12-24-15-4-8-23-13-15)18-5-11-26(21,22)20-6-9-25-10-7-20/h14-15H,3-13H2,1-2H3,(H2,17,18,19). The van der Waals surface area contributed by atoms with Gasteiger partial charge in [-0.1, -0.05) is 0 Å². The van der Waals surface area contributed by atoms with Crippen molar-refractivity contribution in [3.63, 3.8) is 0 Å². The fourth-order valence-corrected chi connectivity index (χ4v) is 5.20. The second kappa shape index (κ2) is 11.3. The van der Waals surface area contributed by atoms with Gasteiger partial charge < -0.3 is 20.1 Å². The smallest absolute Gasteiger partial charge is 0.215 e. The molecule has 2 heterocycles. The van der Waals surface area contributed by atoms with Gasteiger partial charge in [0.2, 0.25) is 10.0 Å². The molecule has 0 spiro atoms. The lowest BCUT2D eigenvalue weighted by atomic mass is 10.3. The van der Waals surface area contributed by atoms with E-state index >= 15 is 0 Å². The lowest BCUT2D eigenvalue weighted by Crippen LogP contribution is -2.45. The maximum absolute atomic E-state index is 12.4. The van der Waals surface area contributed by atoms with Gasteiger partial charge in [0.05, 0.1) is 31.6 Å². The van der Waals surface area contributed by atoms with Crippen LogP contribution >= 0.6 is 11.8 Å². The molecule has 10 heteroatoms. The van der Waals surface area contributed by atoms with E-state index < -0.39 is 10.0 Å². The zero-order chi connectivity index (χ0) is 18.8. The van der Waals surface area contributed by atoms with E-state index in [9.17, 15) is 8.42 Å². The van der Waals surface area contributed by atoms with Crippen LogP contribution in [0, 0.1) is 0 Å². The van der Waals surface area contributed by atoms with Crippen LogP contribution in [0.15, 0.2) is 4.99 Å². The molecule has 0 aromatic heterocycles. The van der Waals surface area contributed by atoms with Gasteiger partial charge in [0.15, 0.2) is 5.96 Å². The van der Waals surface area contributed by atoms with Crippen molar-refractivity contribution in [2.24, 2.45) is 4.99 Å². The molecule has 2 fully saturated rings. The highest BCUT2D eigenvalue weighted by molar-refractivity contribution is 7.99. The number of ether oxygens (including phenoxy) is 2. The number of aliphatic imine (C=N–C) groups is 1. The van der Waals surface area contributed by atoms with Gasteiger partial charge in [-0.3, -0.25) is 4.99 Å².